The van der Waals surface area contributed by atoms with Gasteiger partial charge in [-0.05, 0) is 39.8 Å². The third-order valence-electron chi connectivity index (χ3n) is 2.31. The molecule has 5 heteroatoms. The fourth-order valence-corrected chi connectivity index (χ4v) is 1.42. The molecule has 0 aliphatic carbocycles. The number of rotatable bonds is 5. The van der Waals surface area contributed by atoms with Crippen LogP contribution in [0.25, 0.3) is 0 Å². The minimum Gasteiger partial charge on any atom is -0.465 e. The molecular weight excluding hydrogens is 218 g/mol. The average Bonchev–Trinajstić information content (AvgIpc) is 2.27. The normalized spacial score (nSPS) is 10.4. The van der Waals surface area contributed by atoms with Crippen LogP contribution in [-0.2, 0) is 9.53 Å². The first-order valence-corrected chi connectivity index (χ1v) is 5.77. The molecule has 0 amide bonds. The molecule has 0 saturated carbocycles. The second-order valence-electron chi connectivity index (χ2n) is 4.06. The fourth-order valence-electron chi connectivity index (χ4n) is 1.42. The van der Waals surface area contributed by atoms with Gasteiger partial charge in [0.2, 0.25) is 0 Å². The Balaban J connectivity index is 2.79. The molecule has 0 aromatic carbocycles. The number of aryl methyl sites for hydroxylation is 1. The van der Waals surface area contributed by atoms with Gasteiger partial charge in [-0.1, -0.05) is 0 Å². The maximum atomic E-state index is 11.5. The summed E-state index contributed by atoms with van der Waals surface area (Å²) >= 11 is 0. The van der Waals surface area contributed by atoms with E-state index in [2.05, 4.69) is 10.2 Å². The molecule has 0 radical (unpaired) electrons. The number of hydrogen-bond acceptors (Lipinski definition) is 5. The van der Waals surface area contributed by atoms with Crippen molar-refractivity contribution in [3.63, 3.8) is 0 Å². The van der Waals surface area contributed by atoms with Gasteiger partial charge < -0.3 is 9.64 Å². The van der Waals surface area contributed by atoms with E-state index in [-0.39, 0.29) is 18.6 Å². The molecule has 0 unspecified atom stereocenters. The van der Waals surface area contributed by atoms with Crippen LogP contribution in [0.3, 0.4) is 0 Å². The van der Waals surface area contributed by atoms with Crippen LogP contribution in [0.5, 0.6) is 0 Å². The zero-order chi connectivity index (χ0) is 12.8. The van der Waals surface area contributed by atoms with Crippen molar-refractivity contribution in [2.75, 3.05) is 18.1 Å². The molecule has 0 N–H and O–H groups in total. The number of carbonyl (C=O) groups is 1. The summed E-state index contributed by atoms with van der Waals surface area (Å²) in [4.78, 5) is 13.4. The van der Waals surface area contributed by atoms with Gasteiger partial charge in [0.15, 0.2) is 5.82 Å². The highest BCUT2D eigenvalue weighted by molar-refractivity contribution is 5.75. The molecule has 0 spiro atoms. The minimum atomic E-state index is -0.247. The number of ether oxygens (including phenoxy) is 1. The van der Waals surface area contributed by atoms with Crippen molar-refractivity contribution in [2.45, 2.75) is 33.7 Å². The van der Waals surface area contributed by atoms with Gasteiger partial charge in [-0.2, -0.15) is 5.10 Å². The topological polar surface area (TPSA) is 55.3 Å². The Morgan fingerprint density at radius 2 is 2.12 bits per heavy atom. The molecule has 0 saturated heterocycles. The van der Waals surface area contributed by atoms with Gasteiger partial charge in [0.25, 0.3) is 0 Å². The highest BCUT2D eigenvalue weighted by Crippen LogP contribution is 2.12. The van der Waals surface area contributed by atoms with Crippen LogP contribution in [0.4, 0.5) is 5.82 Å². The lowest BCUT2D eigenvalue weighted by atomic mass is 10.3. The number of hydrogen-bond donors (Lipinski definition) is 0. The third-order valence-corrected chi connectivity index (χ3v) is 2.31. The van der Waals surface area contributed by atoms with Crippen molar-refractivity contribution < 1.29 is 9.53 Å². The van der Waals surface area contributed by atoms with Crippen LogP contribution in [-0.4, -0.2) is 35.4 Å². The average molecular weight is 237 g/mol. The van der Waals surface area contributed by atoms with Crippen LogP contribution >= 0.6 is 0 Å². The molecule has 0 atom stereocenters. The maximum absolute atomic E-state index is 11.5. The first-order valence-electron chi connectivity index (χ1n) is 5.77. The van der Waals surface area contributed by atoms with Crippen molar-refractivity contribution in [2.24, 2.45) is 0 Å². The monoisotopic (exact) mass is 237 g/mol. The second kappa shape index (κ2) is 6.18. The molecule has 0 fully saturated rings. The first-order chi connectivity index (χ1) is 8.04. The summed E-state index contributed by atoms with van der Waals surface area (Å²) in [6.07, 6.45) is 0. The smallest absolute Gasteiger partial charge is 0.325 e. The van der Waals surface area contributed by atoms with Crippen LogP contribution < -0.4 is 4.90 Å². The molecule has 1 aromatic heterocycles. The van der Waals surface area contributed by atoms with Gasteiger partial charge in [-0.15, -0.1) is 5.10 Å². The van der Waals surface area contributed by atoms with E-state index < -0.39 is 0 Å². The lowest BCUT2D eigenvalue weighted by Gasteiger charge is -2.26. The SMILES string of the molecule is CCOC(=O)CN(c1ccc(C)nn1)C(C)C. The predicted octanol–water partition coefficient (Wildman–Crippen LogP) is 1.56. The van der Waals surface area contributed by atoms with Gasteiger partial charge >= 0.3 is 5.97 Å². The summed E-state index contributed by atoms with van der Waals surface area (Å²) in [5.74, 6) is 0.447. The lowest BCUT2D eigenvalue weighted by molar-refractivity contribution is -0.141. The van der Waals surface area contributed by atoms with Crippen molar-refractivity contribution in [1.29, 1.82) is 0 Å². The highest BCUT2D eigenvalue weighted by Gasteiger charge is 2.16. The Labute approximate surface area is 102 Å². The van der Waals surface area contributed by atoms with Crippen LogP contribution in [0.2, 0.25) is 0 Å². The van der Waals surface area contributed by atoms with E-state index in [1.165, 1.54) is 0 Å². The second-order valence-corrected chi connectivity index (χ2v) is 4.06. The van der Waals surface area contributed by atoms with E-state index in [0.29, 0.717) is 12.4 Å². The molecule has 0 aliphatic rings. The zero-order valence-electron chi connectivity index (χ0n) is 10.8. The fraction of sp³-hybridized carbons (Fsp3) is 0.583. The van der Waals surface area contributed by atoms with Crippen molar-refractivity contribution in [3.8, 4) is 0 Å². The number of carbonyl (C=O) groups excluding carboxylic acids is 1. The molecule has 94 valence electrons. The van der Waals surface area contributed by atoms with Crippen molar-refractivity contribution in [3.05, 3.63) is 17.8 Å². The van der Waals surface area contributed by atoms with Crippen LogP contribution in [0, 0.1) is 6.92 Å². The summed E-state index contributed by atoms with van der Waals surface area (Å²) in [5.41, 5.74) is 0.855. The van der Waals surface area contributed by atoms with Crippen LogP contribution in [0.15, 0.2) is 12.1 Å². The molecular formula is C12H19N3O2. The van der Waals surface area contributed by atoms with Crippen molar-refractivity contribution >= 4 is 11.8 Å². The number of nitrogens with zero attached hydrogens (tertiary/aromatic N) is 3. The quantitative estimate of drug-likeness (QED) is 0.727. The molecule has 0 aliphatic heterocycles. The largest absolute Gasteiger partial charge is 0.465 e. The van der Waals surface area contributed by atoms with Crippen LogP contribution in [0.1, 0.15) is 26.5 Å². The van der Waals surface area contributed by atoms with E-state index in [1.807, 2.05) is 37.8 Å². The summed E-state index contributed by atoms with van der Waals surface area (Å²) in [7, 11) is 0. The maximum Gasteiger partial charge on any atom is 0.325 e. The van der Waals surface area contributed by atoms with E-state index in [4.69, 9.17) is 4.74 Å². The Kier molecular flexibility index (Phi) is 4.87. The lowest BCUT2D eigenvalue weighted by Crippen LogP contribution is -2.37. The zero-order valence-corrected chi connectivity index (χ0v) is 10.8. The Bertz CT molecular complexity index is 363. The molecule has 17 heavy (non-hydrogen) atoms. The van der Waals surface area contributed by atoms with Gasteiger partial charge in [-0.25, -0.2) is 0 Å². The molecule has 1 rings (SSSR count). The van der Waals surface area contributed by atoms with E-state index in [0.717, 1.165) is 5.69 Å². The van der Waals surface area contributed by atoms with Gasteiger partial charge in [-0.3, -0.25) is 4.79 Å². The van der Waals surface area contributed by atoms with Crippen molar-refractivity contribution in [1.82, 2.24) is 10.2 Å². The number of anilines is 1. The molecule has 1 aromatic rings. The molecule has 0 bridgehead atoms. The summed E-state index contributed by atoms with van der Waals surface area (Å²) in [6.45, 7) is 8.26. The first kappa shape index (κ1) is 13.4. The molecule has 1 heterocycles. The standard InChI is InChI=1S/C12H19N3O2/c1-5-17-12(16)8-15(9(2)3)11-7-6-10(4)13-14-11/h6-7,9H,5,8H2,1-4H3. The van der Waals surface area contributed by atoms with Gasteiger partial charge in [0, 0.05) is 6.04 Å². The van der Waals surface area contributed by atoms with E-state index in [1.54, 1.807) is 6.92 Å². The Hall–Kier alpha value is -1.65. The third kappa shape index (κ3) is 4.01. The number of esters is 1. The minimum absolute atomic E-state index is 0.163. The van der Waals surface area contributed by atoms with Gasteiger partial charge in [0.1, 0.15) is 6.54 Å². The highest BCUT2D eigenvalue weighted by atomic mass is 16.5. The predicted molar refractivity (Wildman–Crippen MR) is 65.9 cm³/mol. The Morgan fingerprint density at radius 3 is 2.59 bits per heavy atom. The van der Waals surface area contributed by atoms with Gasteiger partial charge in [0.05, 0.1) is 12.3 Å². The summed E-state index contributed by atoms with van der Waals surface area (Å²) < 4.78 is 4.94. The Morgan fingerprint density at radius 1 is 1.41 bits per heavy atom. The summed E-state index contributed by atoms with van der Waals surface area (Å²) in [6, 6.07) is 3.90. The summed E-state index contributed by atoms with van der Waals surface area (Å²) in [5, 5.41) is 8.07. The molecule has 5 nitrogen and oxygen atoms in total. The van der Waals surface area contributed by atoms with E-state index in [9.17, 15) is 4.79 Å². The van der Waals surface area contributed by atoms with E-state index >= 15 is 0 Å². The number of aromatic nitrogens is 2.